The van der Waals surface area contributed by atoms with Crippen LogP contribution in [0.5, 0.6) is 0 Å². The molecule has 0 aromatic heterocycles. The topological polar surface area (TPSA) is 74.7 Å². The lowest BCUT2D eigenvalue weighted by Gasteiger charge is -2.37. The van der Waals surface area contributed by atoms with Gasteiger partial charge >= 0.3 is 5.97 Å². The number of piperidine rings is 1. The Bertz CT molecular complexity index is 376. The third kappa shape index (κ3) is 2.38. The van der Waals surface area contributed by atoms with Gasteiger partial charge in [-0.3, -0.25) is 4.79 Å². The van der Waals surface area contributed by atoms with E-state index in [-0.39, 0.29) is 6.54 Å². The number of carboxylic acid groups (broad SMARTS) is 1. The van der Waals surface area contributed by atoms with Crippen LogP contribution in [-0.4, -0.2) is 42.1 Å². The van der Waals surface area contributed by atoms with Gasteiger partial charge in [-0.1, -0.05) is 0 Å². The van der Waals surface area contributed by atoms with E-state index >= 15 is 0 Å². The normalized spacial score (nSPS) is 28.2. The molecule has 94 valence electrons. The summed E-state index contributed by atoms with van der Waals surface area (Å²) in [5.41, 5.74) is -0.944. The minimum atomic E-state index is -3.33. The average Bonchev–Trinajstić information content (AvgIpc) is 2.17. The first-order chi connectivity index (χ1) is 7.20. The van der Waals surface area contributed by atoms with Crippen molar-refractivity contribution in [2.24, 2.45) is 5.41 Å². The van der Waals surface area contributed by atoms with E-state index in [9.17, 15) is 13.2 Å². The molecule has 5 nitrogen and oxygen atoms in total. The molecule has 0 saturated carbocycles. The SMILES string of the molecule is CC(C)S(=O)(=O)N1CCCC(C)(C(=O)O)C1. The fourth-order valence-electron chi connectivity index (χ4n) is 1.88. The van der Waals surface area contributed by atoms with Crippen molar-refractivity contribution in [3.8, 4) is 0 Å². The van der Waals surface area contributed by atoms with Crippen LogP contribution in [0.15, 0.2) is 0 Å². The van der Waals surface area contributed by atoms with Gasteiger partial charge in [0.1, 0.15) is 0 Å². The number of hydrogen-bond acceptors (Lipinski definition) is 3. The average molecular weight is 249 g/mol. The lowest BCUT2D eigenvalue weighted by Crippen LogP contribution is -2.50. The first kappa shape index (κ1) is 13.4. The van der Waals surface area contributed by atoms with Gasteiger partial charge in [-0.25, -0.2) is 12.7 Å². The Morgan fingerprint density at radius 3 is 2.44 bits per heavy atom. The molecular weight excluding hydrogens is 230 g/mol. The predicted molar refractivity (Wildman–Crippen MR) is 60.6 cm³/mol. The van der Waals surface area contributed by atoms with E-state index in [4.69, 9.17) is 5.11 Å². The van der Waals surface area contributed by atoms with E-state index in [0.717, 1.165) is 0 Å². The van der Waals surface area contributed by atoms with Gasteiger partial charge in [0, 0.05) is 13.1 Å². The van der Waals surface area contributed by atoms with Crippen molar-refractivity contribution in [1.82, 2.24) is 4.31 Å². The molecule has 0 spiro atoms. The lowest BCUT2D eigenvalue weighted by atomic mass is 9.83. The van der Waals surface area contributed by atoms with Gasteiger partial charge in [-0.15, -0.1) is 0 Å². The van der Waals surface area contributed by atoms with Gasteiger partial charge in [0.2, 0.25) is 10.0 Å². The molecule has 1 heterocycles. The number of aliphatic carboxylic acids is 1. The molecule has 1 unspecified atom stereocenters. The third-order valence-corrected chi connectivity index (χ3v) is 5.36. The van der Waals surface area contributed by atoms with Gasteiger partial charge in [0.05, 0.1) is 10.7 Å². The Hall–Kier alpha value is -0.620. The Kier molecular flexibility index (Phi) is 3.64. The van der Waals surface area contributed by atoms with Crippen molar-refractivity contribution in [3.05, 3.63) is 0 Å². The van der Waals surface area contributed by atoms with Crippen LogP contribution >= 0.6 is 0 Å². The van der Waals surface area contributed by atoms with E-state index in [2.05, 4.69) is 0 Å². The number of sulfonamides is 1. The van der Waals surface area contributed by atoms with Gasteiger partial charge in [-0.05, 0) is 33.6 Å². The molecular formula is C10H19NO4S. The molecule has 0 aromatic rings. The number of carboxylic acids is 1. The Morgan fingerprint density at radius 2 is 2.00 bits per heavy atom. The van der Waals surface area contributed by atoms with E-state index in [1.807, 2.05) is 0 Å². The molecule has 0 aliphatic carbocycles. The molecule has 0 amide bonds. The van der Waals surface area contributed by atoms with Crippen LogP contribution in [-0.2, 0) is 14.8 Å². The van der Waals surface area contributed by atoms with E-state index < -0.39 is 26.7 Å². The molecule has 1 saturated heterocycles. The maximum absolute atomic E-state index is 11.9. The minimum absolute atomic E-state index is 0.0862. The molecule has 1 aliphatic heterocycles. The highest BCUT2D eigenvalue weighted by Crippen LogP contribution is 2.31. The molecule has 1 aliphatic rings. The van der Waals surface area contributed by atoms with Crippen LogP contribution in [0.1, 0.15) is 33.6 Å². The minimum Gasteiger partial charge on any atom is -0.481 e. The fourth-order valence-corrected chi connectivity index (χ4v) is 3.33. The van der Waals surface area contributed by atoms with Crippen LogP contribution in [0.4, 0.5) is 0 Å². The largest absolute Gasteiger partial charge is 0.481 e. The van der Waals surface area contributed by atoms with E-state index in [1.165, 1.54) is 4.31 Å². The molecule has 1 atom stereocenters. The van der Waals surface area contributed by atoms with Crippen molar-refractivity contribution < 1.29 is 18.3 Å². The smallest absolute Gasteiger partial charge is 0.310 e. The lowest BCUT2D eigenvalue weighted by molar-refractivity contribution is -0.150. The number of nitrogens with zero attached hydrogens (tertiary/aromatic N) is 1. The highest BCUT2D eigenvalue weighted by atomic mass is 32.2. The summed E-state index contributed by atoms with van der Waals surface area (Å²) in [4.78, 5) is 11.1. The van der Waals surface area contributed by atoms with Gasteiger partial charge in [0.25, 0.3) is 0 Å². The van der Waals surface area contributed by atoms with Gasteiger partial charge in [-0.2, -0.15) is 0 Å². The summed E-state index contributed by atoms with van der Waals surface area (Å²) < 4.78 is 25.2. The quantitative estimate of drug-likeness (QED) is 0.806. The molecule has 1 fully saturated rings. The summed E-state index contributed by atoms with van der Waals surface area (Å²) in [6.07, 6.45) is 1.14. The fraction of sp³-hybridized carbons (Fsp3) is 0.900. The summed E-state index contributed by atoms with van der Waals surface area (Å²) in [5, 5.41) is 8.60. The zero-order valence-corrected chi connectivity index (χ0v) is 10.7. The summed E-state index contributed by atoms with van der Waals surface area (Å²) in [6.45, 7) is 5.35. The van der Waals surface area contributed by atoms with Crippen LogP contribution in [0, 0.1) is 5.41 Å². The second kappa shape index (κ2) is 4.33. The van der Waals surface area contributed by atoms with Crippen LogP contribution in [0.25, 0.3) is 0 Å². The first-order valence-electron chi connectivity index (χ1n) is 5.42. The Labute approximate surface area is 96.5 Å². The number of carbonyl (C=O) groups is 1. The zero-order valence-electron chi connectivity index (χ0n) is 9.93. The molecule has 1 N–H and O–H groups in total. The number of hydrogen-bond donors (Lipinski definition) is 1. The van der Waals surface area contributed by atoms with Crippen molar-refractivity contribution in [2.45, 2.75) is 38.9 Å². The standard InChI is InChI=1S/C10H19NO4S/c1-8(2)16(14,15)11-6-4-5-10(3,7-11)9(12)13/h8H,4-7H2,1-3H3,(H,12,13). The summed E-state index contributed by atoms with van der Waals surface area (Å²) >= 11 is 0. The molecule has 1 rings (SSSR count). The third-order valence-electron chi connectivity index (χ3n) is 3.13. The van der Waals surface area contributed by atoms with Crippen LogP contribution in [0.3, 0.4) is 0 Å². The van der Waals surface area contributed by atoms with Gasteiger partial charge in [0.15, 0.2) is 0 Å². The summed E-state index contributed by atoms with van der Waals surface area (Å²) in [6, 6.07) is 0. The molecule has 0 bridgehead atoms. The van der Waals surface area contributed by atoms with Gasteiger partial charge < -0.3 is 5.11 Å². The van der Waals surface area contributed by atoms with Crippen LogP contribution < -0.4 is 0 Å². The van der Waals surface area contributed by atoms with Crippen LogP contribution in [0.2, 0.25) is 0 Å². The maximum atomic E-state index is 11.9. The monoisotopic (exact) mass is 249 g/mol. The molecule has 0 aromatic carbocycles. The molecule has 16 heavy (non-hydrogen) atoms. The Morgan fingerprint density at radius 1 is 1.44 bits per heavy atom. The Balaban J connectivity index is 2.91. The second-order valence-corrected chi connectivity index (χ2v) is 7.39. The van der Waals surface area contributed by atoms with E-state index in [0.29, 0.717) is 19.4 Å². The summed E-state index contributed by atoms with van der Waals surface area (Å²) in [5.74, 6) is -0.920. The molecule has 0 radical (unpaired) electrons. The highest BCUT2D eigenvalue weighted by molar-refractivity contribution is 7.89. The summed E-state index contributed by atoms with van der Waals surface area (Å²) in [7, 11) is -3.33. The zero-order chi connectivity index (χ0) is 12.6. The van der Waals surface area contributed by atoms with Crippen molar-refractivity contribution in [3.63, 3.8) is 0 Å². The van der Waals surface area contributed by atoms with E-state index in [1.54, 1.807) is 20.8 Å². The van der Waals surface area contributed by atoms with Crippen molar-refractivity contribution in [1.29, 1.82) is 0 Å². The second-order valence-electron chi connectivity index (χ2n) is 4.90. The highest BCUT2D eigenvalue weighted by Gasteiger charge is 2.42. The van der Waals surface area contributed by atoms with Crippen molar-refractivity contribution >= 4 is 16.0 Å². The molecule has 6 heteroatoms. The first-order valence-corrected chi connectivity index (χ1v) is 6.93. The number of rotatable bonds is 3. The maximum Gasteiger partial charge on any atom is 0.310 e. The van der Waals surface area contributed by atoms with Crippen molar-refractivity contribution in [2.75, 3.05) is 13.1 Å². The predicted octanol–water partition coefficient (Wildman–Crippen LogP) is 0.911.